The second kappa shape index (κ2) is 6.32. The number of carbonyl (C=O) groups excluding carboxylic acids is 2. The van der Waals surface area contributed by atoms with Crippen LogP contribution in [0.5, 0.6) is 5.75 Å². The minimum atomic E-state index is -0.549. The molecule has 2 N–H and O–H groups in total. The molecule has 4 rings (SSSR count). The molecular weight excluding hydrogens is 336 g/mol. The number of aryl methyl sites for hydroxylation is 1. The number of nitrogens with zero attached hydrogens (tertiary/aromatic N) is 4. The maximum atomic E-state index is 12.2. The first-order valence-electron chi connectivity index (χ1n) is 8.57. The van der Waals surface area contributed by atoms with Crippen molar-refractivity contribution in [1.29, 1.82) is 0 Å². The first-order chi connectivity index (χ1) is 12.5. The van der Waals surface area contributed by atoms with Crippen molar-refractivity contribution in [3.63, 3.8) is 0 Å². The lowest BCUT2D eigenvalue weighted by atomic mass is 10.2. The molecule has 2 aliphatic heterocycles. The van der Waals surface area contributed by atoms with Gasteiger partial charge in [-0.15, -0.1) is 10.2 Å². The average Bonchev–Trinajstić information content (AvgIpc) is 3.22. The number of hydrogen-bond donors (Lipinski definition) is 2. The molecule has 9 heteroatoms. The first-order valence-corrected chi connectivity index (χ1v) is 8.57. The molecular formula is C17H20N6O3. The third-order valence-corrected chi connectivity index (χ3v) is 4.65. The second-order valence-electron chi connectivity index (χ2n) is 6.44. The fourth-order valence-corrected chi connectivity index (χ4v) is 3.27. The number of fused-ring (bicyclic) bond motifs is 2. The zero-order valence-corrected chi connectivity index (χ0v) is 14.7. The van der Waals surface area contributed by atoms with Crippen molar-refractivity contribution < 1.29 is 14.3 Å². The molecule has 3 heterocycles. The number of amides is 3. The fraction of sp³-hybridized carbons (Fsp3) is 0.412. The van der Waals surface area contributed by atoms with Gasteiger partial charge in [-0.3, -0.25) is 4.79 Å². The van der Waals surface area contributed by atoms with Crippen molar-refractivity contribution in [1.82, 2.24) is 20.1 Å². The number of carbonyl (C=O) groups is 2. The molecule has 0 fully saturated rings. The number of likely N-dealkylation sites (N-methyl/N-ethyl adjacent to an activating group) is 1. The molecule has 0 saturated carbocycles. The molecule has 26 heavy (non-hydrogen) atoms. The number of benzene rings is 1. The van der Waals surface area contributed by atoms with Crippen LogP contribution in [0.1, 0.15) is 25.0 Å². The normalized spacial score (nSPS) is 18.2. The highest BCUT2D eigenvalue weighted by molar-refractivity contribution is 6.00. The summed E-state index contributed by atoms with van der Waals surface area (Å²) in [5.41, 5.74) is 1.26. The molecule has 1 aromatic carbocycles. The van der Waals surface area contributed by atoms with Crippen LogP contribution in [0.2, 0.25) is 0 Å². The summed E-state index contributed by atoms with van der Waals surface area (Å²) >= 11 is 0. The highest BCUT2D eigenvalue weighted by Gasteiger charge is 2.29. The van der Waals surface area contributed by atoms with Gasteiger partial charge >= 0.3 is 6.03 Å². The molecule has 3 amide bonds. The fourth-order valence-electron chi connectivity index (χ4n) is 3.27. The van der Waals surface area contributed by atoms with Gasteiger partial charge in [0, 0.05) is 31.8 Å². The monoisotopic (exact) mass is 356 g/mol. The van der Waals surface area contributed by atoms with Crippen LogP contribution in [0.3, 0.4) is 0 Å². The van der Waals surface area contributed by atoms with Gasteiger partial charge in [0.25, 0.3) is 5.91 Å². The molecule has 0 spiro atoms. The molecule has 0 saturated heterocycles. The molecule has 136 valence electrons. The predicted molar refractivity (Wildman–Crippen MR) is 94.1 cm³/mol. The van der Waals surface area contributed by atoms with Crippen LogP contribution in [-0.2, 0) is 24.3 Å². The van der Waals surface area contributed by atoms with E-state index in [1.165, 1.54) is 0 Å². The number of nitrogens with one attached hydrogen (secondary N) is 2. The van der Waals surface area contributed by atoms with Gasteiger partial charge in [-0.05, 0) is 25.5 Å². The molecule has 1 aromatic heterocycles. The molecule has 0 bridgehead atoms. The molecule has 0 aliphatic carbocycles. The van der Waals surface area contributed by atoms with Gasteiger partial charge < -0.3 is 24.8 Å². The molecule has 2 aliphatic rings. The summed E-state index contributed by atoms with van der Waals surface area (Å²) in [6.45, 7) is 2.91. The Bertz CT molecular complexity index is 877. The topological polar surface area (TPSA) is 101 Å². The number of anilines is 2. The summed E-state index contributed by atoms with van der Waals surface area (Å²) in [6.07, 6.45) is 1.45. The summed E-state index contributed by atoms with van der Waals surface area (Å²) < 4.78 is 7.66. The van der Waals surface area contributed by atoms with Gasteiger partial charge in [0.15, 0.2) is 11.9 Å². The van der Waals surface area contributed by atoms with Crippen LogP contribution in [-0.4, -0.2) is 39.9 Å². The molecule has 1 atom stereocenters. The second-order valence-corrected chi connectivity index (χ2v) is 6.44. The largest absolute Gasteiger partial charge is 0.479 e. The van der Waals surface area contributed by atoms with Gasteiger partial charge in [-0.1, -0.05) is 0 Å². The van der Waals surface area contributed by atoms with Crippen LogP contribution >= 0.6 is 0 Å². The van der Waals surface area contributed by atoms with E-state index < -0.39 is 6.10 Å². The Hall–Kier alpha value is -3.10. The predicted octanol–water partition coefficient (Wildman–Crippen LogP) is 1.29. The number of hydrogen-bond acceptors (Lipinski definition) is 5. The zero-order valence-electron chi connectivity index (χ0n) is 14.7. The van der Waals surface area contributed by atoms with E-state index in [0.717, 1.165) is 31.0 Å². The number of rotatable bonds is 3. The smallest absolute Gasteiger partial charge is 0.319 e. The van der Waals surface area contributed by atoms with Crippen molar-refractivity contribution in [2.24, 2.45) is 0 Å². The molecule has 9 nitrogen and oxygen atoms in total. The van der Waals surface area contributed by atoms with E-state index in [0.29, 0.717) is 23.7 Å². The Morgan fingerprint density at radius 3 is 3.08 bits per heavy atom. The lowest BCUT2D eigenvalue weighted by Crippen LogP contribution is -2.42. The number of urea groups is 1. The van der Waals surface area contributed by atoms with Gasteiger partial charge in [0.2, 0.25) is 0 Å². The Morgan fingerprint density at radius 1 is 1.38 bits per heavy atom. The Kier molecular flexibility index (Phi) is 3.98. The van der Waals surface area contributed by atoms with Crippen LogP contribution < -0.4 is 20.3 Å². The first kappa shape index (κ1) is 16.4. The van der Waals surface area contributed by atoms with Crippen molar-refractivity contribution in [3.8, 4) is 5.75 Å². The SMILES string of the molecule is C[C@H]1Oc2cc(NC(=O)NCc3nnc4n3CCC4)ccc2N(C)C1=O. The van der Waals surface area contributed by atoms with E-state index in [9.17, 15) is 9.59 Å². The van der Waals surface area contributed by atoms with Gasteiger partial charge in [-0.2, -0.15) is 0 Å². The minimum absolute atomic E-state index is 0.100. The summed E-state index contributed by atoms with van der Waals surface area (Å²) in [6, 6.07) is 4.85. The zero-order chi connectivity index (χ0) is 18.3. The van der Waals surface area contributed by atoms with Gasteiger partial charge in [-0.25, -0.2) is 4.79 Å². The summed E-state index contributed by atoms with van der Waals surface area (Å²) in [7, 11) is 1.71. The quantitative estimate of drug-likeness (QED) is 0.863. The Labute approximate surface area is 150 Å². The summed E-state index contributed by atoms with van der Waals surface area (Å²) in [5, 5.41) is 13.8. The van der Waals surface area contributed by atoms with E-state index in [-0.39, 0.29) is 11.9 Å². The summed E-state index contributed by atoms with van der Waals surface area (Å²) in [5.74, 6) is 2.20. The van der Waals surface area contributed by atoms with Crippen LogP contribution in [0.4, 0.5) is 16.2 Å². The van der Waals surface area contributed by atoms with Crippen molar-refractivity contribution in [3.05, 3.63) is 29.8 Å². The average molecular weight is 356 g/mol. The Balaban J connectivity index is 1.40. The van der Waals surface area contributed by atoms with E-state index in [1.54, 1.807) is 37.1 Å². The van der Waals surface area contributed by atoms with Crippen molar-refractivity contribution >= 4 is 23.3 Å². The van der Waals surface area contributed by atoms with Gasteiger partial charge in [0.05, 0.1) is 12.2 Å². The maximum absolute atomic E-state index is 12.2. The van der Waals surface area contributed by atoms with E-state index in [4.69, 9.17) is 4.74 Å². The van der Waals surface area contributed by atoms with E-state index in [1.807, 2.05) is 4.57 Å². The third kappa shape index (κ3) is 2.85. The van der Waals surface area contributed by atoms with Crippen LogP contribution in [0, 0.1) is 0 Å². The molecule has 0 radical (unpaired) electrons. The van der Waals surface area contributed by atoms with E-state index in [2.05, 4.69) is 20.8 Å². The highest BCUT2D eigenvalue weighted by Crippen LogP contribution is 2.35. The number of aromatic nitrogens is 3. The van der Waals surface area contributed by atoms with Crippen LogP contribution in [0.25, 0.3) is 0 Å². The minimum Gasteiger partial charge on any atom is -0.479 e. The van der Waals surface area contributed by atoms with Crippen LogP contribution in [0.15, 0.2) is 18.2 Å². The lowest BCUT2D eigenvalue weighted by Gasteiger charge is -2.30. The summed E-state index contributed by atoms with van der Waals surface area (Å²) in [4.78, 5) is 25.7. The maximum Gasteiger partial charge on any atom is 0.319 e. The van der Waals surface area contributed by atoms with E-state index >= 15 is 0 Å². The lowest BCUT2D eigenvalue weighted by molar-refractivity contribution is -0.125. The standard InChI is InChI=1S/C17H20N6O3/c1-10-16(24)22(2)12-6-5-11(8-13(12)26-10)19-17(25)18-9-15-21-20-14-4-3-7-23(14)15/h5-6,8,10H,3-4,7,9H2,1-2H3,(H2,18,19,25)/t10-/m1/s1. The van der Waals surface area contributed by atoms with Crippen molar-refractivity contribution in [2.45, 2.75) is 39.0 Å². The highest BCUT2D eigenvalue weighted by atomic mass is 16.5. The molecule has 0 unspecified atom stereocenters. The van der Waals surface area contributed by atoms with Gasteiger partial charge in [0.1, 0.15) is 11.6 Å². The Morgan fingerprint density at radius 2 is 2.23 bits per heavy atom. The molecule has 2 aromatic rings. The number of ether oxygens (including phenoxy) is 1. The third-order valence-electron chi connectivity index (χ3n) is 4.65. The van der Waals surface area contributed by atoms with Crippen molar-refractivity contribution in [2.75, 3.05) is 17.3 Å².